The van der Waals surface area contributed by atoms with Crippen molar-refractivity contribution in [3.05, 3.63) is 52.4 Å². The standard InChI is InChI=1S/C16H18N6O2/c1-21-14(12-9-17-19-15(12)23)18-20-16(21)22-7-8-24-13(10-22)11-5-3-2-4-6-11/h2-6,9,13H,7-8,10H2,1H3,(H2,17,19,23). The van der Waals surface area contributed by atoms with Gasteiger partial charge in [0.2, 0.25) is 5.95 Å². The van der Waals surface area contributed by atoms with Gasteiger partial charge < -0.3 is 14.7 Å². The van der Waals surface area contributed by atoms with E-state index in [1.807, 2.05) is 29.8 Å². The second kappa shape index (κ2) is 5.97. The first kappa shape index (κ1) is 14.7. The first-order valence-electron chi connectivity index (χ1n) is 7.81. The first-order chi connectivity index (χ1) is 11.7. The van der Waals surface area contributed by atoms with Crippen LogP contribution in [0.15, 0.2) is 41.3 Å². The summed E-state index contributed by atoms with van der Waals surface area (Å²) in [5.41, 5.74) is 1.41. The van der Waals surface area contributed by atoms with E-state index in [1.54, 1.807) is 6.20 Å². The van der Waals surface area contributed by atoms with Gasteiger partial charge in [-0.1, -0.05) is 30.3 Å². The molecule has 1 saturated heterocycles. The molecule has 1 unspecified atom stereocenters. The van der Waals surface area contributed by atoms with E-state index in [0.29, 0.717) is 24.5 Å². The van der Waals surface area contributed by atoms with Crippen LogP contribution in [0.3, 0.4) is 0 Å². The summed E-state index contributed by atoms with van der Waals surface area (Å²) in [7, 11) is 1.87. The van der Waals surface area contributed by atoms with Gasteiger partial charge in [0.15, 0.2) is 5.82 Å². The molecule has 8 nitrogen and oxygen atoms in total. The predicted molar refractivity (Wildman–Crippen MR) is 88.8 cm³/mol. The summed E-state index contributed by atoms with van der Waals surface area (Å²) in [6.45, 7) is 2.05. The van der Waals surface area contributed by atoms with E-state index in [9.17, 15) is 4.79 Å². The summed E-state index contributed by atoms with van der Waals surface area (Å²) in [4.78, 5) is 13.9. The summed E-state index contributed by atoms with van der Waals surface area (Å²) in [5, 5.41) is 13.7. The highest BCUT2D eigenvalue weighted by Gasteiger charge is 2.26. The summed E-state index contributed by atoms with van der Waals surface area (Å²) < 4.78 is 7.73. The van der Waals surface area contributed by atoms with E-state index in [1.165, 1.54) is 0 Å². The monoisotopic (exact) mass is 326 g/mol. The Hall–Kier alpha value is -2.87. The molecule has 1 aromatic carbocycles. The van der Waals surface area contributed by atoms with E-state index < -0.39 is 0 Å². The van der Waals surface area contributed by atoms with Crippen molar-refractivity contribution in [3.63, 3.8) is 0 Å². The topological polar surface area (TPSA) is 91.8 Å². The van der Waals surface area contributed by atoms with Crippen molar-refractivity contribution in [1.29, 1.82) is 0 Å². The van der Waals surface area contributed by atoms with Gasteiger partial charge in [0.1, 0.15) is 11.7 Å². The minimum absolute atomic E-state index is 0.00392. The number of aromatic nitrogens is 5. The zero-order valence-electron chi connectivity index (χ0n) is 13.3. The molecule has 2 N–H and O–H groups in total. The molecular formula is C16H18N6O2. The average molecular weight is 326 g/mol. The van der Waals surface area contributed by atoms with Crippen molar-refractivity contribution in [2.24, 2.45) is 7.05 Å². The molecule has 0 amide bonds. The number of rotatable bonds is 3. The number of benzene rings is 1. The fraction of sp³-hybridized carbons (Fsp3) is 0.312. The van der Waals surface area contributed by atoms with Gasteiger partial charge in [-0.2, -0.15) is 0 Å². The maximum atomic E-state index is 11.8. The lowest BCUT2D eigenvalue weighted by Crippen LogP contribution is -2.39. The van der Waals surface area contributed by atoms with Gasteiger partial charge in [-0.15, -0.1) is 10.2 Å². The highest BCUT2D eigenvalue weighted by molar-refractivity contribution is 5.55. The van der Waals surface area contributed by atoms with Crippen LogP contribution in [0.5, 0.6) is 0 Å². The van der Waals surface area contributed by atoms with Crippen LogP contribution in [0.25, 0.3) is 11.4 Å². The van der Waals surface area contributed by atoms with Gasteiger partial charge in [-0.25, -0.2) is 0 Å². The van der Waals surface area contributed by atoms with Crippen molar-refractivity contribution in [3.8, 4) is 11.4 Å². The van der Waals surface area contributed by atoms with Gasteiger partial charge >= 0.3 is 0 Å². The SMILES string of the molecule is Cn1c(-c2c[nH][nH]c2=O)nnc1N1CCOC(c2ccccc2)C1. The van der Waals surface area contributed by atoms with E-state index in [4.69, 9.17) is 4.74 Å². The maximum Gasteiger partial charge on any atom is 0.274 e. The van der Waals surface area contributed by atoms with Crippen LogP contribution in [0, 0.1) is 0 Å². The van der Waals surface area contributed by atoms with Gasteiger partial charge in [-0.3, -0.25) is 14.5 Å². The summed E-state index contributed by atoms with van der Waals surface area (Å²) >= 11 is 0. The van der Waals surface area contributed by atoms with Crippen molar-refractivity contribution in [2.45, 2.75) is 6.10 Å². The normalized spacial score (nSPS) is 18.0. The quantitative estimate of drug-likeness (QED) is 0.751. The van der Waals surface area contributed by atoms with Crippen LogP contribution in [0.2, 0.25) is 0 Å². The Bertz CT molecular complexity index is 881. The number of hydrogen-bond donors (Lipinski definition) is 2. The Morgan fingerprint density at radius 1 is 1.25 bits per heavy atom. The fourth-order valence-corrected chi connectivity index (χ4v) is 3.00. The van der Waals surface area contributed by atoms with E-state index in [2.05, 4.69) is 37.4 Å². The molecule has 1 atom stereocenters. The number of nitrogens with zero attached hydrogens (tertiary/aromatic N) is 4. The van der Waals surface area contributed by atoms with Crippen LogP contribution in [0.4, 0.5) is 5.95 Å². The maximum absolute atomic E-state index is 11.8. The molecule has 0 spiro atoms. The minimum Gasteiger partial charge on any atom is -0.370 e. The fourth-order valence-electron chi connectivity index (χ4n) is 3.00. The molecule has 1 aliphatic heterocycles. The zero-order valence-corrected chi connectivity index (χ0v) is 13.3. The van der Waals surface area contributed by atoms with Gasteiger partial charge in [0.25, 0.3) is 5.56 Å². The van der Waals surface area contributed by atoms with E-state index in [-0.39, 0.29) is 11.7 Å². The van der Waals surface area contributed by atoms with Gasteiger partial charge in [0, 0.05) is 19.8 Å². The number of hydrogen-bond acceptors (Lipinski definition) is 5. The number of anilines is 1. The highest BCUT2D eigenvalue weighted by Crippen LogP contribution is 2.26. The molecule has 3 aromatic rings. The van der Waals surface area contributed by atoms with Crippen LogP contribution in [0.1, 0.15) is 11.7 Å². The summed E-state index contributed by atoms with van der Waals surface area (Å²) in [6.07, 6.45) is 1.60. The minimum atomic E-state index is -0.207. The number of nitrogens with one attached hydrogen (secondary N) is 2. The third-order valence-corrected chi connectivity index (χ3v) is 4.26. The molecule has 24 heavy (non-hydrogen) atoms. The Morgan fingerprint density at radius 3 is 2.83 bits per heavy atom. The van der Waals surface area contributed by atoms with Crippen LogP contribution in [-0.4, -0.2) is 44.7 Å². The molecule has 3 heterocycles. The molecule has 1 aliphatic rings. The lowest BCUT2D eigenvalue weighted by Gasteiger charge is -2.33. The number of aromatic amines is 2. The summed E-state index contributed by atoms with van der Waals surface area (Å²) in [6, 6.07) is 10.1. The molecule has 0 radical (unpaired) electrons. The Balaban J connectivity index is 1.61. The third kappa shape index (κ3) is 2.50. The molecule has 0 bridgehead atoms. The Kier molecular flexibility index (Phi) is 3.66. The molecule has 8 heteroatoms. The molecule has 4 rings (SSSR count). The molecule has 124 valence electrons. The lowest BCUT2D eigenvalue weighted by atomic mass is 10.1. The third-order valence-electron chi connectivity index (χ3n) is 4.26. The van der Waals surface area contributed by atoms with Crippen LogP contribution < -0.4 is 10.5 Å². The largest absolute Gasteiger partial charge is 0.370 e. The number of H-pyrrole nitrogens is 2. The van der Waals surface area contributed by atoms with Crippen molar-refractivity contribution in [2.75, 3.05) is 24.6 Å². The van der Waals surface area contributed by atoms with Gasteiger partial charge in [0.05, 0.1) is 13.2 Å². The second-order valence-corrected chi connectivity index (χ2v) is 5.76. The van der Waals surface area contributed by atoms with E-state index >= 15 is 0 Å². The molecule has 2 aromatic heterocycles. The van der Waals surface area contributed by atoms with Crippen LogP contribution in [-0.2, 0) is 11.8 Å². The Labute approximate surface area is 138 Å². The number of ether oxygens (including phenoxy) is 1. The average Bonchev–Trinajstić information content (AvgIpc) is 3.21. The number of morpholine rings is 1. The summed E-state index contributed by atoms with van der Waals surface area (Å²) in [5.74, 6) is 1.27. The molecule has 1 fully saturated rings. The van der Waals surface area contributed by atoms with Crippen molar-refractivity contribution >= 4 is 5.95 Å². The molecular weight excluding hydrogens is 308 g/mol. The highest BCUT2D eigenvalue weighted by atomic mass is 16.5. The smallest absolute Gasteiger partial charge is 0.274 e. The van der Waals surface area contributed by atoms with Crippen molar-refractivity contribution < 1.29 is 4.74 Å². The Morgan fingerprint density at radius 2 is 2.08 bits per heavy atom. The first-order valence-corrected chi connectivity index (χ1v) is 7.81. The van der Waals surface area contributed by atoms with Crippen molar-refractivity contribution in [1.82, 2.24) is 25.0 Å². The molecule has 0 aliphatic carbocycles. The van der Waals surface area contributed by atoms with Crippen LogP contribution >= 0.6 is 0 Å². The predicted octanol–water partition coefficient (Wildman–Crippen LogP) is 1.08. The van der Waals surface area contributed by atoms with E-state index in [0.717, 1.165) is 18.1 Å². The van der Waals surface area contributed by atoms with Gasteiger partial charge in [-0.05, 0) is 5.56 Å². The molecule has 0 saturated carbocycles. The zero-order chi connectivity index (χ0) is 16.5. The lowest BCUT2D eigenvalue weighted by molar-refractivity contribution is 0.0390. The second-order valence-electron chi connectivity index (χ2n) is 5.76.